The number of benzene rings is 1. The summed E-state index contributed by atoms with van der Waals surface area (Å²) in [5.41, 5.74) is -0.527. The van der Waals surface area contributed by atoms with Crippen molar-refractivity contribution in [1.82, 2.24) is 0 Å². The van der Waals surface area contributed by atoms with E-state index in [1.165, 1.54) is 19.1 Å². The molecule has 4 heteroatoms. The van der Waals surface area contributed by atoms with Crippen molar-refractivity contribution in [3.63, 3.8) is 0 Å². The normalized spacial score (nSPS) is 19.6. The first-order valence-electron chi connectivity index (χ1n) is 6.78. The highest BCUT2D eigenvalue weighted by atomic mass is 19.2. The molecule has 1 N–H and O–H groups in total. The molecule has 0 bridgehead atoms. The molecule has 0 aromatic heterocycles. The van der Waals surface area contributed by atoms with Gasteiger partial charge in [-0.2, -0.15) is 0 Å². The average Bonchev–Trinajstić information content (AvgIpc) is 2.86. The quantitative estimate of drug-likeness (QED) is 0.904. The molecule has 0 spiro atoms. The highest BCUT2D eigenvalue weighted by molar-refractivity contribution is 5.29. The number of hydrogen-bond donors (Lipinski definition) is 1. The second-order valence-corrected chi connectivity index (χ2v) is 5.21. The van der Waals surface area contributed by atoms with Crippen molar-refractivity contribution >= 4 is 0 Å². The molecule has 106 valence electrons. The maximum Gasteiger partial charge on any atom is 0.164 e. The Hall–Kier alpha value is -1.00. The molecular formula is C15H20F2O2. The summed E-state index contributed by atoms with van der Waals surface area (Å²) >= 11 is 0. The zero-order chi connectivity index (χ0) is 14.0. The lowest BCUT2D eigenvalue weighted by atomic mass is 9.88. The molecule has 1 aliphatic carbocycles. The number of halogens is 2. The van der Waals surface area contributed by atoms with E-state index in [9.17, 15) is 13.9 Å². The average molecular weight is 270 g/mol. The summed E-state index contributed by atoms with van der Waals surface area (Å²) in [4.78, 5) is 0. The summed E-state index contributed by atoms with van der Waals surface area (Å²) in [6.07, 6.45) is 2.11. The predicted octanol–water partition coefficient (Wildman–Crippen LogP) is 3.66. The zero-order valence-corrected chi connectivity index (χ0v) is 11.4. The molecule has 1 aromatic rings. The van der Waals surface area contributed by atoms with Gasteiger partial charge in [0.1, 0.15) is 6.10 Å². The molecule has 1 unspecified atom stereocenters. The van der Waals surface area contributed by atoms with Gasteiger partial charge in [-0.05, 0) is 32.3 Å². The summed E-state index contributed by atoms with van der Waals surface area (Å²) in [5.74, 6) is -1.85. The molecule has 2 nitrogen and oxygen atoms in total. The third kappa shape index (κ3) is 2.51. The van der Waals surface area contributed by atoms with E-state index in [2.05, 4.69) is 0 Å². The topological polar surface area (TPSA) is 29.5 Å². The fraction of sp³-hybridized carbons (Fsp3) is 0.600. The zero-order valence-electron chi connectivity index (χ0n) is 11.4. The van der Waals surface area contributed by atoms with Gasteiger partial charge in [-0.3, -0.25) is 0 Å². The number of rotatable bonds is 4. The van der Waals surface area contributed by atoms with Gasteiger partial charge in [0, 0.05) is 12.2 Å². The number of ether oxygens (including phenoxy) is 1. The molecule has 1 aromatic carbocycles. The number of hydrogen-bond acceptors (Lipinski definition) is 2. The van der Waals surface area contributed by atoms with Gasteiger partial charge in [-0.25, -0.2) is 8.78 Å². The van der Waals surface area contributed by atoms with Gasteiger partial charge in [-0.1, -0.05) is 25.0 Å². The van der Waals surface area contributed by atoms with Gasteiger partial charge in [0.2, 0.25) is 0 Å². The Balaban J connectivity index is 2.37. The van der Waals surface area contributed by atoms with Crippen molar-refractivity contribution in [1.29, 1.82) is 0 Å². The second-order valence-electron chi connectivity index (χ2n) is 5.21. The molecule has 19 heavy (non-hydrogen) atoms. The SMILES string of the molecule is CCOC1(C(O)c2ccc(C)c(F)c2F)CCCC1. The van der Waals surface area contributed by atoms with Crippen LogP contribution in [0.25, 0.3) is 0 Å². The van der Waals surface area contributed by atoms with Crippen LogP contribution in [-0.4, -0.2) is 17.3 Å². The first kappa shape index (κ1) is 14.4. The van der Waals surface area contributed by atoms with E-state index >= 15 is 0 Å². The molecule has 1 saturated carbocycles. The van der Waals surface area contributed by atoms with Crippen LogP contribution >= 0.6 is 0 Å². The van der Waals surface area contributed by atoms with E-state index in [0.29, 0.717) is 19.4 Å². The molecule has 0 radical (unpaired) electrons. The first-order chi connectivity index (χ1) is 9.02. The highest BCUT2D eigenvalue weighted by Gasteiger charge is 2.43. The lowest BCUT2D eigenvalue weighted by Crippen LogP contribution is -2.37. The highest BCUT2D eigenvalue weighted by Crippen LogP contribution is 2.43. The van der Waals surface area contributed by atoms with Gasteiger partial charge in [-0.15, -0.1) is 0 Å². The van der Waals surface area contributed by atoms with Crippen molar-refractivity contribution in [2.45, 2.75) is 51.2 Å². The van der Waals surface area contributed by atoms with Crippen molar-refractivity contribution in [3.8, 4) is 0 Å². The van der Waals surface area contributed by atoms with Crippen LogP contribution in [0.2, 0.25) is 0 Å². The van der Waals surface area contributed by atoms with Crippen molar-refractivity contribution in [2.24, 2.45) is 0 Å². The molecule has 1 aliphatic rings. The predicted molar refractivity (Wildman–Crippen MR) is 68.9 cm³/mol. The third-order valence-electron chi connectivity index (χ3n) is 3.98. The number of aliphatic hydroxyl groups is 1. The maximum atomic E-state index is 14.0. The Morgan fingerprint density at radius 1 is 1.26 bits per heavy atom. The molecule has 0 amide bonds. The lowest BCUT2D eigenvalue weighted by Gasteiger charge is -2.34. The van der Waals surface area contributed by atoms with Gasteiger partial charge in [0.15, 0.2) is 11.6 Å². The first-order valence-corrected chi connectivity index (χ1v) is 6.78. The maximum absolute atomic E-state index is 14.0. The van der Waals surface area contributed by atoms with Crippen molar-refractivity contribution < 1.29 is 18.6 Å². The monoisotopic (exact) mass is 270 g/mol. The van der Waals surface area contributed by atoms with Crippen LogP contribution in [-0.2, 0) is 4.74 Å². The Kier molecular flexibility index (Phi) is 4.21. The van der Waals surface area contributed by atoms with Crippen LogP contribution in [0.4, 0.5) is 8.78 Å². The van der Waals surface area contributed by atoms with Crippen LogP contribution in [0, 0.1) is 18.6 Å². The third-order valence-corrected chi connectivity index (χ3v) is 3.98. The lowest BCUT2D eigenvalue weighted by molar-refractivity contribution is -0.119. The Bertz CT molecular complexity index is 454. The van der Waals surface area contributed by atoms with Gasteiger partial charge in [0.25, 0.3) is 0 Å². The van der Waals surface area contributed by atoms with E-state index in [4.69, 9.17) is 4.74 Å². The van der Waals surface area contributed by atoms with Gasteiger partial charge < -0.3 is 9.84 Å². The molecule has 0 aliphatic heterocycles. The summed E-state index contributed by atoms with van der Waals surface area (Å²) in [6, 6.07) is 2.95. The summed E-state index contributed by atoms with van der Waals surface area (Å²) in [6.45, 7) is 3.80. The van der Waals surface area contributed by atoms with Crippen LogP contribution in [0.3, 0.4) is 0 Å². The van der Waals surface area contributed by atoms with Crippen molar-refractivity contribution in [2.75, 3.05) is 6.61 Å². The molecule has 1 atom stereocenters. The molecular weight excluding hydrogens is 250 g/mol. The summed E-state index contributed by atoms with van der Waals surface area (Å²) in [7, 11) is 0. The fourth-order valence-corrected chi connectivity index (χ4v) is 2.91. The molecule has 1 fully saturated rings. The molecule has 0 heterocycles. The van der Waals surface area contributed by atoms with E-state index in [0.717, 1.165) is 12.8 Å². The number of aliphatic hydroxyl groups excluding tert-OH is 1. The largest absolute Gasteiger partial charge is 0.385 e. The minimum absolute atomic E-state index is 0.00144. The molecule has 2 rings (SSSR count). The minimum atomic E-state index is -1.12. The summed E-state index contributed by atoms with van der Waals surface area (Å²) in [5, 5.41) is 10.5. The smallest absolute Gasteiger partial charge is 0.164 e. The van der Waals surface area contributed by atoms with Crippen LogP contribution < -0.4 is 0 Å². The molecule has 0 saturated heterocycles. The van der Waals surface area contributed by atoms with Crippen LogP contribution in [0.15, 0.2) is 12.1 Å². The minimum Gasteiger partial charge on any atom is -0.385 e. The fourth-order valence-electron chi connectivity index (χ4n) is 2.91. The van der Waals surface area contributed by atoms with Gasteiger partial charge in [0.05, 0.1) is 5.60 Å². The van der Waals surface area contributed by atoms with Gasteiger partial charge >= 0.3 is 0 Å². The van der Waals surface area contributed by atoms with Crippen molar-refractivity contribution in [3.05, 3.63) is 34.9 Å². The van der Waals surface area contributed by atoms with E-state index in [1.54, 1.807) is 0 Å². The Labute approximate surface area is 112 Å². The Morgan fingerprint density at radius 3 is 2.47 bits per heavy atom. The van der Waals surface area contributed by atoms with E-state index in [-0.39, 0.29) is 11.1 Å². The van der Waals surface area contributed by atoms with Crippen LogP contribution in [0.1, 0.15) is 49.8 Å². The Morgan fingerprint density at radius 2 is 1.89 bits per heavy atom. The van der Waals surface area contributed by atoms with E-state index in [1.807, 2.05) is 6.92 Å². The second kappa shape index (κ2) is 5.55. The van der Waals surface area contributed by atoms with Crippen LogP contribution in [0.5, 0.6) is 0 Å². The summed E-state index contributed by atoms with van der Waals surface area (Å²) < 4.78 is 33.3. The standard InChI is InChI=1S/C15H20F2O2/c1-3-19-15(8-4-5-9-15)14(18)11-7-6-10(2)12(16)13(11)17/h6-7,14,18H,3-5,8-9H2,1-2H3. The van der Waals surface area contributed by atoms with E-state index < -0.39 is 23.3 Å². The number of aryl methyl sites for hydroxylation is 1.